The fraction of sp³-hybridized carbons (Fsp3) is 0.0833. The number of nitrogens with two attached hydrogens (primary N) is 1. The number of rotatable bonds is 3. The van der Waals surface area contributed by atoms with Gasteiger partial charge in [-0.2, -0.15) is 19.3 Å². The zero-order valence-electron chi connectivity index (χ0n) is 10.2. The maximum atomic E-state index is 13.5. The molecule has 2 N–H and O–H groups in total. The lowest BCUT2D eigenvalue weighted by molar-refractivity contribution is -0.0521. The van der Waals surface area contributed by atoms with Crippen LogP contribution in [0.4, 0.5) is 18.9 Å². The molecule has 1 heterocycles. The third-order valence-electron chi connectivity index (χ3n) is 2.54. The smallest absolute Gasteiger partial charge is 0.387 e. The predicted octanol–water partition coefficient (Wildman–Crippen LogP) is 1.94. The molecule has 0 amide bonds. The second kappa shape index (κ2) is 5.43. The molecular weight excluding hydrogens is 287 g/mol. The van der Waals surface area contributed by atoms with Gasteiger partial charge in [-0.15, -0.1) is 0 Å². The highest BCUT2D eigenvalue weighted by Gasteiger charge is 2.18. The van der Waals surface area contributed by atoms with E-state index in [1.165, 1.54) is 0 Å². The molecule has 106 valence electrons. The number of anilines is 1. The fourth-order valence-electron chi connectivity index (χ4n) is 1.67. The number of nitriles is 2. The van der Waals surface area contributed by atoms with Gasteiger partial charge in [0.15, 0.2) is 23.0 Å². The molecule has 0 saturated carbocycles. The molecule has 9 heteroatoms. The number of halogens is 3. The molecule has 0 bridgehead atoms. The Morgan fingerprint density at radius 2 is 2.00 bits per heavy atom. The molecule has 1 aromatic carbocycles. The summed E-state index contributed by atoms with van der Waals surface area (Å²) in [4.78, 5) is 3.68. The summed E-state index contributed by atoms with van der Waals surface area (Å²) in [6.07, 6.45) is 1.10. The third-order valence-corrected chi connectivity index (χ3v) is 2.54. The van der Waals surface area contributed by atoms with Crippen LogP contribution < -0.4 is 10.5 Å². The summed E-state index contributed by atoms with van der Waals surface area (Å²) in [5, 5.41) is 17.8. The monoisotopic (exact) mass is 293 g/mol. The number of nitrogen functional groups attached to an aromatic ring is 1. The van der Waals surface area contributed by atoms with E-state index in [-0.39, 0.29) is 22.8 Å². The van der Waals surface area contributed by atoms with Crippen LogP contribution in [0.2, 0.25) is 0 Å². The average Bonchev–Trinajstić information content (AvgIpc) is 2.84. The summed E-state index contributed by atoms with van der Waals surface area (Å²) >= 11 is 0. The van der Waals surface area contributed by atoms with Crippen LogP contribution in [-0.2, 0) is 0 Å². The first kappa shape index (κ1) is 14.2. The molecular formula is C12H6F3N5O. The number of benzene rings is 1. The number of alkyl halides is 2. The van der Waals surface area contributed by atoms with Crippen LogP contribution in [0.15, 0.2) is 18.5 Å². The normalized spacial score (nSPS) is 10.2. The van der Waals surface area contributed by atoms with Crippen molar-refractivity contribution in [1.82, 2.24) is 9.55 Å². The lowest BCUT2D eigenvalue weighted by Crippen LogP contribution is -2.07. The summed E-state index contributed by atoms with van der Waals surface area (Å²) in [5.41, 5.74) is 5.15. The van der Waals surface area contributed by atoms with Gasteiger partial charge in [0.2, 0.25) is 0 Å². The van der Waals surface area contributed by atoms with Crippen LogP contribution >= 0.6 is 0 Å². The largest absolute Gasteiger partial charge is 0.432 e. The van der Waals surface area contributed by atoms with Gasteiger partial charge in [-0.1, -0.05) is 0 Å². The van der Waals surface area contributed by atoms with E-state index in [0.717, 1.165) is 23.0 Å². The van der Waals surface area contributed by atoms with Crippen LogP contribution in [-0.4, -0.2) is 16.2 Å². The molecule has 6 nitrogen and oxygen atoms in total. The Labute approximate surface area is 116 Å². The van der Waals surface area contributed by atoms with Crippen LogP contribution in [0, 0.1) is 28.5 Å². The van der Waals surface area contributed by atoms with E-state index in [1.54, 1.807) is 12.1 Å². The van der Waals surface area contributed by atoms with Gasteiger partial charge in [-0.3, -0.25) is 4.57 Å². The van der Waals surface area contributed by atoms with E-state index < -0.39 is 18.2 Å². The van der Waals surface area contributed by atoms with Crippen molar-refractivity contribution in [3.63, 3.8) is 0 Å². The molecule has 21 heavy (non-hydrogen) atoms. The average molecular weight is 293 g/mol. The summed E-state index contributed by atoms with van der Waals surface area (Å²) in [6.45, 7) is -3.22. The molecule has 1 aromatic heterocycles. The summed E-state index contributed by atoms with van der Waals surface area (Å²) < 4.78 is 43.0. The highest BCUT2D eigenvalue weighted by Crippen LogP contribution is 2.29. The van der Waals surface area contributed by atoms with Crippen LogP contribution in [0.3, 0.4) is 0 Å². The van der Waals surface area contributed by atoms with Crippen molar-refractivity contribution in [3.05, 3.63) is 35.7 Å². The van der Waals surface area contributed by atoms with Crippen molar-refractivity contribution < 1.29 is 17.9 Å². The Kier molecular flexibility index (Phi) is 3.67. The zero-order chi connectivity index (χ0) is 15.6. The van der Waals surface area contributed by atoms with Crippen LogP contribution in [0.1, 0.15) is 11.4 Å². The molecule has 2 aromatic rings. The van der Waals surface area contributed by atoms with Crippen molar-refractivity contribution in [2.75, 3.05) is 5.73 Å². The zero-order valence-corrected chi connectivity index (χ0v) is 10.2. The molecule has 0 aliphatic heterocycles. The minimum atomic E-state index is -3.22. The lowest BCUT2D eigenvalue weighted by Gasteiger charge is -2.12. The first-order chi connectivity index (χ1) is 9.97. The van der Waals surface area contributed by atoms with Crippen LogP contribution in [0.25, 0.3) is 5.69 Å². The maximum Gasteiger partial charge on any atom is 0.387 e. The van der Waals surface area contributed by atoms with Gasteiger partial charge < -0.3 is 10.5 Å². The van der Waals surface area contributed by atoms with Crippen molar-refractivity contribution in [3.8, 4) is 23.6 Å². The quantitative estimate of drug-likeness (QED) is 0.871. The summed E-state index contributed by atoms with van der Waals surface area (Å²) in [7, 11) is 0. The fourth-order valence-corrected chi connectivity index (χ4v) is 1.67. The van der Waals surface area contributed by atoms with E-state index >= 15 is 0 Å². The van der Waals surface area contributed by atoms with Gasteiger partial charge in [-0.25, -0.2) is 9.37 Å². The number of aromatic nitrogens is 2. The molecule has 0 fully saturated rings. The molecule has 0 aliphatic rings. The van der Waals surface area contributed by atoms with E-state index in [0.29, 0.717) is 0 Å². The Hall–Kier alpha value is -3.20. The number of imidazole rings is 1. The van der Waals surface area contributed by atoms with Gasteiger partial charge in [0, 0.05) is 12.1 Å². The lowest BCUT2D eigenvalue weighted by atomic mass is 10.2. The summed E-state index contributed by atoms with van der Waals surface area (Å²) in [6, 6.07) is 5.11. The van der Waals surface area contributed by atoms with E-state index in [4.69, 9.17) is 16.3 Å². The minimum absolute atomic E-state index is 0.00222. The van der Waals surface area contributed by atoms with E-state index in [2.05, 4.69) is 9.72 Å². The second-order valence-electron chi connectivity index (χ2n) is 3.76. The first-order valence-corrected chi connectivity index (χ1v) is 5.39. The first-order valence-electron chi connectivity index (χ1n) is 5.39. The van der Waals surface area contributed by atoms with Gasteiger partial charge in [0.1, 0.15) is 18.5 Å². The van der Waals surface area contributed by atoms with E-state index in [9.17, 15) is 13.2 Å². The van der Waals surface area contributed by atoms with Gasteiger partial charge >= 0.3 is 6.61 Å². The topological polar surface area (TPSA) is 101 Å². The molecule has 0 radical (unpaired) electrons. The predicted molar refractivity (Wildman–Crippen MR) is 64.0 cm³/mol. The number of ether oxygens (including phenoxy) is 1. The number of hydrogen-bond donors (Lipinski definition) is 1. The maximum absolute atomic E-state index is 13.5. The Morgan fingerprint density at radius 3 is 2.57 bits per heavy atom. The van der Waals surface area contributed by atoms with Gasteiger partial charge in [0.25, 0.3) is 0 Å². The number of nitrogens with zero attached hydrogens (tertiary/aromatic N) is 4. The van der Waals surface area contributed by atoms with Gasteiger partial charge in [-0.05, 0) is 0 Å². The number of hydrogen-bond acceptors (Lipinski definition) is 5. The second-order valence-corrected chi connectivity index (χ2v) is 3.76. The summed E-state index contributed by atoms with van der Waals surface area (Å²) in [5.74, 6) is -1.80. The van der Waals surface area contributed by atoms with Crippen molar-refractivity contribution in [2.45, 2.75) is 6.61 Å². The Balaban J connectivity index is 2.62. The van der Waals surface area contributed by atoms with E-state index in [1.807, 2.05) is 0 Å². The molecule has 0 unspecified atom stereocenters. The molecule has 2 rings (SSSR count). The SMILES string of the molecule is N#Cc1ncn(-c2cc(OC(F)F)c(F)cc2N)c1C#N. The molecule has 0 spiro atoms. The Morgan fingerprint density at radius 1 is 1.29 bits per heavy atom. The van der Waals surface area contributed by atoms with Gasteiger partial charge in [0.05, 0.1) is 11.4 Å². The van der Waals surface area contributed by atoms with Crippen LogP contribution in [0.5, 0.6) is 5.75 Å². The molecule has 0 aliphatic carbocycles. The Bertz CT molecular complexity index is 772. The highest BCUT2D eigenvalue weighted by atomic mass is 19.3. The standard InChI is InChI=1S/C12H6F3N5O/c13-6-1-7(18)9(2-11(6)21-12(14)15)20-5-19-8(3-16)10(20)4-17/h1-2,5,12H,18H2. The van der Waals surface area contributed by atoms with Crippen molar-refractivity contribution in [1.29, 1.82) is 10.5 Å². The molecule has 0 saturated heterocycles. The van der Waals surface area contributed by atoms with Crippen molar-refractivity contribution in [2.24, 2.45) is 0 Å². The molecule has 0 atom stereocenters. The minimum Gasteiger partial charge on any atom is -0.432 e. The highest BCUT2D eigenvalue weighted by molar-refractivity contribution is 5.63. The third kappa shape index (κ3) is 2.58. The van der Waals surface area contributed by atoms with Crippen molar-refractivity contribution >= 4 is 5.69 Å².